The van der Waals surface area contributed by atoms with Gasteiger partial charge in [0.25, 0.3) is 0 Å². The Hall–Kier alpha value is -0.830. The number of rotatable bonds is 5. The summed E-state index contributed by atoms with van der Waals surface area (Å²) in [5.74, 6) is -0.767. The van der Waals surface area contributed by atoms with Crippen molar-refractivity contribution < 1.29 is 9.90 Å². The molecular weight excluding hydrogens is 244 g/mol. The van der Waals surface area contributed by atoms with Gasteiger partial charge in [-0.3, -0.25) is 4.79 Å². The van der Waals surface area contributed by atoms with Gasteiger partial charge in [-0.15, -0.1) is 0 Å². The molecule has 0 amide bonds. The maximum absolute atomic E-state index is 10.6. The van der Waals surface area contributed by atoms with Crippen molar-refractivity contribution in [2.24, 2.45) is 0 Å². The molecule has 1 aromatic carbocycles. The maximum Gasteiger partial charge on any atom is 0.307 e. The molecule has 1 aromatic rings. The van der Waals surface area contributed by atoms with Gasteiger partial charge in [-0.25, -0.2) is 0 Å². The van der Waals surface area contributed by atoms with E-state index >= 15 is 0 Å². The lowest BCUT2D eigenvalue weighted by molar-refractivity contribution is -0.136. The van der Waals surface area contributed by atoms with Crippen LogP contribution in [0.15, 0.2) is 24.3 Å². The van der Waals surface area contributed by atoms with Gasteiger partial charge in [-0.1, -0.05) is 40.2 Å². The fourth-order valence-electron chi connectivity index (χ4n) is 1.39. The van der Waals surface area contributed by atoms with Gasteiger partial charge in [-0.2, -0.15) is 0 Å². The first-order valence-electron chi connectivity index (χ1n) is 4.58. The number of benzene rings is 1. The van der Waals surface area contributed by atoms with E-state index in [2.05, 4.69) is 15.9 Å². The summed E-state index contributed by atoms with van der Waals surface area (Å²) >= 11 is 3.37. The van der Waals surface area contributed by atoms with Crippen LogP contribution in [0, 0.1) is 0 Å². The zero-order valence-corrected chi connectivity index (χ0v) is 9.46. The highest BCUT2D eigenvalue weighted by atomic mass is 79.9. The minimum atomic E-state index is -0.767. The Morgan fingerprint density at radius 1 is 1.29 bits per heavy atom. The SMILES string of the molecule is O=C(O)Cc1ccccc1CCCBr. The molecule has 2 nitrogen and oxygen atoms in total. The first-order valence-corrected chi connectivity index (χ1v) is 5.70. The molecule has 0 unspecified atom stereocenters. The minimum absolute atomic E-state index is 0.123. The van der Waals surface area contributed by atoms with Crippen LogP contribution in [0.2, 0.25) is 0 Å². The summed E-state index contributed by atoms with van der Waals surface area (Å²) in [5.41, 5.74) is 2.08. The van der Waals surface area contributed by atoms with Crippen molar-refractivity contribution in [1.29, 1.82) is 0 Å². The van der Waals surface area contributed by atoms with E-state index in [1.807, 2.05) is 24.3 Å². The number of carboxylic acids is 1. The van der Waals surface area contributed by atoms with E-state index in [4.69, 9.17) is 5.11 Å². The van der Waals surface area contributed by atoms with E-state index in [0.717, 1.165) is 29.3 Å². The number of alkyl halides is 1. The van der Waals surface area contributed by atoms with E-state index < -0.39 is 5.97 Å². The van der Waals surface area contributed by atoms with Crippen LogP contribution in [0.5, 0.6) is 0 Å². The first-order chi connectivity index (χ1) is 6.74. The molecule has 0 aromatic heterocycles. The van der Waals surface area contributed by atoms with Crippen LogP contribution in [-0.2, 0) is 17.6 Å². The Kier molecular flexibility index (Phi) is 4.66. The molecule has 0 spiro atoms. The summed E-state index contributed by atoms with van der Waals surface area (Å²) in [6, 6.07) is 7.73. The van der Waals surface area contributed by atoms with Crippen molar-refractivity contribution >= 4 is 21.9 Å². The highest BCUT2D eigenvalue weighted by molar-refractivity contribution is 9.09. The van der Waals surface area contributed by atoms with Crippen LogP contribution < -0.4 is 0 Å². The number of carboxylic acid groups (broad SMARTS) is 1. The van der Waals surface area contributed by atoms with E-state index in [1.165, 1.54) is 0 Å². The third kappa shape index (κ3) is 3.50. The average molecular weight is 257 g/mol. The zero-order valence-electron chi connectivity index (χ0n) is 7.87. The van der Waals surface area contributed by atoms with Crippen molar-refractivity contribution in [3.8, 4) is 0 Å². The van der Waals surface area contributed by atoms with Crippen LogP contribution in [0.25, 0.3) is 0 Å². The lowest BCUT2D eigenvalue weighted by Crippen LogP contribution is -2.03. The number of hydrogen-bond donors (Lipinski definition) is 1. The van der Waals surface area contributed by atoms with Gasteiger partial charge in [0.15, 0.2) is 0 Å². The molecule has 14 heavy (non-hydrogen) atoms. The lowest BCUT2D eigenvalue weighted by Gasteiger charge is -2.05. The summed E-state index contributed by atoms with van der Waals surface area (Å²) < 4.78 is 0. The summed E-state index contributed by atoms with van der Waals surface area (Å²) in [6.07, 6.45) is 2.10. The third-order valence-electron chi connectivity index (χ3n) is 2.04. The van der Waals surface area contributed by atoms with Crippen molar-refractivity contribution in [2.45, 2.75) is 19.3 Å². The molecular formula is C11H13BrO2. The Bertz CT molecular complexity index is 310. The number of aryl methyl sites for hydroxylation is 1. The van der Waals surface area contributed by atoms with Gasteiger partial charge in [0, 0.05) is 5.33 Å². The molecule has 0 atom stereocenters. The molecule has 0 bridgehead atoms. The van der Waals surface area contributed by atoms with Crippen LogP contribution in [0.4, 0.5) is 0 Å². The smallest absolute Gasteiger partial charge is 0.307 e. The van der Waals surface area contributed by atoms with Crippen LogP contribution >= 0.6 is 15.9 Å². The molecule has 1 rings (SSSR count). The second-order valence-electron chi connectivity index (χ2n) is 3.13. The Labute approximate surface area is 92.1 Å². The number of hydrogen-bond acceptors (Lipinski definition) is 1. The molecule has 0 aliphatic carbocycles. The number of halogens is 1. The van der Waals surface area contributed by atoms with Gasteiger partial charge < -0.3 is 5.11 Å². The Balaban J connectivity index is 2.74. The summed E-state index contributed by atoms with van der Waals surface area (Å²) in [4.78, 5) is 10.6. The lowest BCUT2D eigenvalue weighted by atomic mass is 10.0. The van der Waals surface area contributed by atoms with Crippen molar-refractivity contribution in [2.75, 3.05) is 5.33 Å². The van der Waals surface area contributed by atoms with E-state index in [9.17, 15) is 4.79 Å². The Morgan fingerprint density at radius 2 is 1.93 bits per heavy atom. The topological polar surface area (TPSA) is 37.3 Å². The van der Waals surface area contributed by atoms with Crippen LogP contribution in [-0.4, -0.2) is 16.4 Å². The van der Waals surface area contributed by atoms with Crippen molar-refractivity contribution in [1.82, 2.24) is 0 Å². The van der Waals surface area contributed by atoms with Gasteiger partial charge in [-0.05, 0) is 24.0 Å². The summed E-state index contributed by atoms with van der Waals surface area (Å²) in [6.45, 7) is 0. The standard InChI is InChI=1S/C11H13BrO2/c12-7-3-6-9-4-1-2-5-10(9)8-11(13)14/h1-2,4-5H,3,6-8H2,(H,13,14). The first kappa shape index (κ1) is 11.2. The van der Waals surface area contributed by atoms with Crippen LogP contribution in [0.1, 0.15) is 17.5 Å². The van der Waals surface area contributed by atoms with Gasteiger partial charge in [0.05, 0.1) is 6.42 Å². The van der Waals surface area contributed by atoms with Crippen LogP contribution in [0.3, 0.4) is 0 Å². The molecule has 0 aliphatic heterocycles. The average Bonchev–Trinajstić information content (AvgIpc) is 2.16. The Morgan fingerprint density at radius 3 is 2.50 bits per heavy atom. The second kappa shape index (κ2) is 5.81. The van der Waals surface area contributed by atoms with Gasteiger partial charge in [0.1, 0.15) is 0 Å². The number of carbonyl (C=O) groups is 1. The molecule has 76 valence electrons. The van der Waals surface area contributed by atoms with E-state index in [0.29, 0.717) is 0 Å². The maximum atomic E-state index is 10.6. The molecule has 3 heteroatoms. The highest BCUT2D eigenvalue weighted by Crippen LogP contribution is 2.12. The predicted octanol–water partition coefficient (Wildman–Crippen LogP) is 2.64. The summed E-state index contributed by atoms with van der Waals surface area (Å²) in [7, 11) is 0. The second-order valence-corrected chi connectivity index (χ2v) is 3.92. The summed E-state index contributed by atoms with van der Waals surface area (Å²) in [5, 5.41) is 9.66. The van der Waals surface area contributed by atoms with Gasteiger partial charge in [0.2, 0.25) is 0 Å². The number of aliphatic carboxylic acids is 1. The quantitative estimate of drug-likeness (QED) is 0.823. The monoisotopic (exact) mass is 256 g/mol. The molecule has 0 radical (unpaired) electrons. The molecule has 0 saturated heterocycles. The minimum Gasteiger partial charge on any atom is -0.481 e. The third-order valence-corrected chi connectivity index (χ3v) is 2.60. The normalized spacial score (nSPS) is 10.1. The molecule has 0 heterocycles. The fourth-order valence-corrected chi connectivity index (χ4v) is 1.67. The largest absolute Gasteiger partial charge is 0.481 e. The molecule has 0 aliphatic rings. The highest BCUT2D eigenvalue weighted by Gasteiger charge is 2.05. The fraction of sp³-hybridized carbons (Fsp3) is 0.364. The molecule has 0 saturated carbocycles. The molecule has 0 fully saturated rings. The molecule has 1 N–H and O–H groups in total. The van der Waals surface area contributed by atoms with E-state index in [-0.39, 0.29) is 6.42 Å². The van der Waals surface area contributed by atoms with Crippen molar-refractivity contribution in [3.05, 3.63) is 35.4 Å². The van der Waals surface area contributed by atoms with Gasteiger partial charge >= 0.3 is 5.97 Å². The predicted molar refractivity (Wildman–Crippen MR) is 59.9 cm³/mol. The van der Waals surface area contributed by atoms with Crippen molar-refractivity contribution in [3.63, 3.8) is 0 Å². The van der Waals surface area contributed by atoms with E-state index in [1.54, 1.807) is 0 Å². The zero-order chi connectivity index (χ0) is 10.4.